The summed E-state index contributed by atoms with van der Waals surface area (Å²) in [5.74, 6) is 0. The third-order valence-electron chi connectivity index (χ3n) is 0.298. The summed E-state index contributed by atoms with van der Waals surface area (Å²) >= 11 is 0. The molecule has 0 aromatic carbocycles. The van der Waals surface area contributed by atoms with Crippen LogP contribution in [0.15, 0.2) is 4.99 Å². The van der Waals surface area contributed by atoms with Gasteiger partial charge in [0.25, 0.3) is 0 Å². The van der Waals surface area contributed by atoms with Gasteiger partial charge in [-0.1, -0.05) is 13.8 Å². The zero-order valence-corrected chi connectivity index (χ0v) is 4.60. The fourth-order valence-corrected chi connectivity index (χ4v) is 0.149. The van der Waals surface area contributed by atoms with Gasteiger partial charge in [-0.2, -0.15) is 12.8 Å². The van der Waals surface area contributed by atoms with Crippen LogP contribution in [-0.4, -0.2) is 6.21 Å². The van der Waals surface area contributed by atoms with Gasteiger partial charge in [-0.05, 0) is 0 Å². The van der Waals surface area contributed by atoms with E-state index in [-0.39, 0.29) is 18.9 Å². The van der Waals surface area contributed by atoms with Crippen molar-refractivity contribution in [1.29, 1.82) is 0 Å². The molecular formula is C4H8LiN. The van der Waals surface area contributed by atoms with E-state index in [1.807, 2.05) is 13.8 Å². The van der Waals surface area contributed by atoms with Crippen LogP contribution in [0.1, 0.15) is 13.8 Å². The summed E-state index contributed by atoms with van der Waals surface area (Å²) in [4.78, 5) is 3.72. The molecule has 2 heteroatoms. The molecule has 0 bridgehead atoms. The number of rotatable bonds is 1. The zero-order valence-electron chi connectivity index (χ0n) is 4.60. The first-order chi connectivity index (χ1) is 2.41. The predicted molar refractivity (Wildman–Crippen MR) is 24.1 cm³/mol. The molecule has 30 valence electrons. The van der Waals surface area contributed by atoms with Crippen molar-refractivity contribution in [3.63, 3.8) is 0 Å². The maximum absolute atomic E-state index is 3.72. The molecule has 6 heavy (non-hydrogen) atoms. The van der Waals surface area contributed by atoms with Gasteiger partial charge in [-0.25, -0.2) is 0 Å². The van der Waals surface area contributed by atoms with Crippen LogP contribution in [0.25, 0.3) is 0 Å². The average Bonchev–Trinajstić information content (AvgIpc) is 1.41. The Labute approximate surface area is 51.0 Å². The Morgan fingerprint density at radius 3 is 2.17 bits per heavy atom. The number of hydrogen-bond donors (Lipinski definition) is 0. The van der Waals surface area contributed by atoms with Crippen LogP contribution in [0.2, 0.25) is 0 Å². The quantitative estimate of drug-likeness (QED) is 0.200. The van der Waals surface area contributed by atoms with Crippen LogP contribution < -0.4 is 18.9 Å². The van der Waals surface area contributed by atoms with Crippen molar-refractivity contribution in [3.05, 3.63) is 6.54 Å². The average molecular weight is 77.1 g/mol. The second-order valence-corrected chi connectivity index (χ2v) is 0.665. The van der Waals surface area contributed by atoms with Gasteiger partial charge in [0.2, 0.25) is 0 Å². The molecule has 0 rings (SSSR count). The molecule has 0 aromatic rings. The van der Waals surface area contributed by atoms with E-state index >= 15 is 0 Å². The van der Waals surface area contributed by atoms with Gasteiger partial charge in [0.15, 0.2) is 0 Å². The molecule has 0 unspecified atom stereocenters. The van der Waals surface area contributed by atoms with E-state index in [4.69, 9.17) is 0 Å². The maximum atomic E-state index is 3.72. The van der Waals surface area contributed by atoms with Crippen LogP contribution in [0, 0.1) is 6.54 Å². The molecule has 0 radical (unpaired) electrons. The first kappa shape index (κ1) is 9.46. The first-order valence-corrected chi connectivity index (χ1v) is 1.67. The Morgan fingerprint density at radius 1 is 1.67 bits per heavy atom. The molecular weight excluding hydrogens is 69.0 g/mol. The molecule has 0 aliphatic heterocycles. The molecule has 1 nitrogen and oxygen atoms in total. The predicted octanol–water partition coefficient (Wildman–Crippen LogP) is -1.74. The van der Waals surface area contributed by atoms with Crippen LogP contribution in [0.5, 0.6) is 0 Å². The Balaban J connectivity index is 0. The third-order valence-corrected chi connectivity index (χ3v) is 0.298. The summed E-state index contributed by atoms with van der Waals surface area (Å²) in [7, 11) is 0. The second kappa shape index (κ2) is 8.93. The van der Waals surface area contributed by atoms with Crippen LogP contribution in [0.3, 0.4) is 0 Å². The maximum Gasteiger partial charge on any atom is 1.00 e. The van der Waals surface area contributed by atoms with E-state index in [2.05, 4.69) is 4.99 Å². The molecule has 0 atom stereocenters. The summed E-state index contributed by atoms with van der Waals surface area (Å²) in [6, 6.07) is 0. The zero-order chi connectivity index (χ0) is 4.12. The van der Waals surface area contributed by atoms with E-state index in [0.717, 1.165) is 0 Å². The topological polar surface area (TPSA) is 12.4 Å². The molecule has 0 amide bonds. The van der Waals surface area contributed by atoms with Gasteiger partial charge in [0, 0.05) is 0 Å². The van der Waals surface area contributed by atoms with E-state index in [0.29, 0.717) is 0 Å². The van der Waals surface area contributed by atoms with Gasteiger partial charge in [-0.15, -0.1) is 0 Å². The standard InChI is InChI=1S/C4H8N.Li/c1-3-5-4-2;/h3-4H,1-2H3;/q-1;+1. The Kier molecular flexibility index (Phi) is 14.1. The molecule has 0 aliphatic rings. The Hall–Kier alpha value is 0.137. The molecule has 0 N–H and O–H groups in total. The number of aliphatic imine (C=N–C) groups is 1. The molecule has 0 aromatic heterocycles. The summed E-state index contributed by atoms with van der Waals surface area (Å²) in [6.07, 6.45) is 1.75. The molecule has 0 spiro atoms. The van der Waals surface area contributed by atoms with Crippen molar-refractivity contribution < 1.29 is 18.9 Å². The van der Waals surface area contributed by atoms with Crippen LogP contribution in [0.4, 0.5) is 0 Å². The normalized spacial score (nSPS) is 7.67. The molecule has 0 saturated carbocycles. The van der Waals surface area contributed by atoms with Crippen molar-refractivity contribution in [3.8, 4) is 0 Å². The number of nitrogens with zero attached hydrogens (tertiary/aromatic N) is 1. The van der Waals surface area contributed by atoms with Crippen molar-refractivity contribution in [1.82, 2.24) is 0 Å². The van der Waals surface area contributed by atoms with E-state index in [9.17, 15) is 0 Å². The second-order valence-electron chi connectivity index (χ2n) is 0.665. The monoisotopic (exact) mass is 77.1 g/mol. The van der Waals surface area contributed by atoms with Crippen molar-refractivity contribution in [2.24, 2.45) is 4.99 Å². The number of hydrogen-bond acceptors (Lipinski definition) is 1. The molecule has 0 aliphatic carbocycles. The fourth-order valence-electron chi connectivity index (χ4n) is 0.149. The minimum Gasteiger partial charge on any atom is -0.458 e. The van der Waals surface area contributed by atoms with Crippen LogP contribution in [-0.2, 0) is 0 Å². The Bertz CT molecular complexity index is 34.5. The summed E-state index contributed by atoms with van der Waals surface area (Å²) in [6.45, 7) is 5.53. The third kappa shape index (κ3) is 8.91. The largest absolute Gasteiger partial charge is 1.00 e. The SMILES string of the molecule is CC=N[CH-]C.[Li+]. The van der Waals surface area contributed by atoms with Gasteiger partial charge in [0.1, 0.15) is 0 Å². The Morgan fingerprint density at radius 2 is 2.17 bits per heavy atom. The first-order valence-electron chi connectivity index (χ1n) is 1.67. The van der Waals surface area contributed by atoms with Crippen LogP contribution >= 0.6 is 0 Å². The molecule has 0 saturated heterocycles. The smallest absolute Gasteiger partial charge is 0.458 e. The minimum absolute atomic E-state index is 0. The summed E-state index contributed by atoms with van der Waals surface area (Å²) in [5, 5.41) is 0. The summed E-state index contributed by atoms with van der Waals surface area (Å²) < 4.78 is 0. The van der Waals surface area contributed by atoms with Crippen molar-refractivity contribution in [2.45, 2.75) is 13.8 Å². The minimum atomic E-state index is 0. The van der Waals surface area contributed by atoms with Gasteiger partial charge < -0.3 is 4.99 Å². The molecule has 0 fully saturated rings. The van der Waals surface area contributed by atoms with E-state index < -0.39 is 0 Å². The summed E-state index contributed by atoms with van der Waals surface area (Å²) in [5.41, 5.74) is 0. The van der Waals surface area contributed by atoms with Gasteiger partial charge in [0.05, 0.1) is 0 Å². The van der Waals surface area contributed by atoms with Gasteiger partial charge >= 0.3 is 18.9 Å². The van der Waals surface area contributed by atoms with Gasteiger partial charge in [-0.3, -0.25) is 0 Å². The molecule has 0 heterocycles. The van der Waals surface area contributed by atoms with E-state index in [1.54, 1.807) is 12.8 Å². The van der Waals surface area contributed by atoms with Crippen molar-refractivity contribution in [2.75, 3.05) is 0 Å². The van der Waals surface area contributed by atoms with E-state index in [1.165, 1.54) is 0 Å². The van der Waals surface area contributed by atoms with Crippen molar-refractivity contribution >= 4 is 6.21 Å². The fraction of sp³-hybridized carbons (Fsp3) is 0.500.